The Morgan fingerprint density at radius 3 is 2.51 bits per heavy atom. The van der Waals surface area contributed by atoms with Gasteiger partial charge >= 0.3 is 6.36 Å². The molecule has 2 heterocycles. The van der Waals surface area contributed by atoms with Crippen molar-refractivity contribution < 1.29 is 39.9 Å². The molecule has 0 fully saturated rings. The number of Topliss-reactive ketones (excluding diaryl/α,β-unsaturated/α-hetero) is 1. The molecule has 0 aliphatic rings. The number of alkyl halides is 3. The highest BCUT2D eigenvalue weighted by molar-refractivity contribution is 7.89. The van der Waals surface area contributed by atoms with Gasteiger partial charge in [-0.15, -0.1) is 13.2 Å². The lowest BCUT2D eigenvalue weighted by Gasteiger charge is -2.12. The highest BCUT2D eigenvalue weighted by Crippen LogP contribution is 2.26. The van der Waals surface area contributed by atoms with Gasteiger partial charge in [0.05, 0.1) is 11.7 Å². The van der Waals surface area contributed by atoms with Crippen molar-refractivity contribution in [1.29, 1.82) is 0 Å². The van der Waals surface area contributed by atoms with Crippen molar-refractivity contribution in [3.63, 3.8) is 0 Å². The monoisotopic (exact) mass is 537 g/mol. The van der Waals surface area contributed by atoms with Crippen LogP contribution in [0.2, 0.25) is 0 Å². The first-order valence-electron chi connectivity index (χ1n) is 10.8. The Bertz CT molecular complexity index is 1540. The normalized spacial score (nSPS) is 13.0. The molecule has 4 aromatic rings. The first kappa shape index (κ1) is 26.2. The summed E-state index contributed by atoms with van der Waals surface area (Å²) in [4.78, 5) is 20.8. The Balaban J connectivity index is 1.37. The fourth-order valence-corrected chi connectivity index (χ4v) is 4.66. The number of hydrogen-bond donors (Lipinski definition) is 1. The summed E-state index contributed by atoms with van der Waals surface area (Å²) in [6.45, 7) is 1.39. The van der Waals surface area contributed by atoms with Gasteiger partial charge in [-0.25, -0.2) is 22.8 Å². The number of halogens is 4. The van der Waals surface area contributed by atoms with Crippen LogP contribution in [0, 0.1) is 5.82 Å². The molecule has 1 N–H and O–H groups in total. The van der Waals surface area contributed by atoms with Gasteiger partial charge in [-0.3, -0.25) is 4.79 Å². The van der Waals surface area contributed by atoms with Crippen molar-refractivity contribution >= 4 is 26.8 Å². The molecule has 0 bridgehead atoms. The molecule has 0 aliphatic heterocycles. The standard InChI is InChI=1S/C24H19F4N3O5S/c1-14(31-37(33,34)23-11-16-10-17(25)4-9-22(16)35-23)21(32)8-5-18-12-20(30-13-29-18)15-2-6-19(7-3-15)36-24(26,27)28/h2-4,6-7,9-14,31H,5,8H2,1H3/t14-/m0/s1. The predicted molar refractivity (Wildman–Crippen MR) is 123 cm³/mol. The van der Waals surface area contributed by atoms with Crippen LogP contribution in [0.3, 0.4) is 0 Å². The third-order valence-corrected chi connectivity index (χ3v) is 6.67. The summed E-state index contributed by atoms with van der Waals surface area (Å²) in [5.41, 5.74) is 1.59. The number of fused-ring (bicyclic) bond motifs is 1. The Morgan fingerprint density at radius 2 is 1.81 bits per heavy atom. The van der Waals surface area contributed by atoms with Gasteiger partial charge in [0.15, 0.2) is 5.78 Å². The average Bonchev–Trinajstić information content (AvgIpc) is 3.26. The highest BCUT2D eigenvalue weighted by Gasteiger charge is 2.31. The van der Waals surface area contributed by atoms with E-state index in [4.69, 9.17) is 4.42 Å². The smallest absolute Gasteiger partial charge is 0.443 e. The fraction of sp³-hybridized carbons (Fsp3) is 0.208. The number of sulfonamides is 1. The second-order valence-corrected chi connectivity index (χ2v) is 9.67. The van der Waals surface area contributed by atoms with E-state index in [9.17, 15) is 30.8 Å². The molecule has 0 radical (unpaired) electrons. The number of aryl methyl sites for hydroxylation is 1. The Kier molecular flexibility index (Phi) is 7.28. The highest BCUT2D eigenvalue weighted by atomic mass is 32.2. The molecule has 0 aliphatic carbocycles. The van der Waals surface area contributed by atoms with E-state index < -0.39 is 39.1 Å². The summed E-state index contributed by atoms with van der Waals surface area (Å²) >= 11 is 0. The molecule has 0 saturated heterocycles. The molecule has 0 amide bonds. The number of nitrogens with one attached hydrogen (secondary N) is 1. The van der Waals surface area contributed by atoms with E-state index in [1.54, 1.807) is 6.07 Å². The van der Waals surface area contributed by atoms with Crippen LogP contribution in [0.5, 0.6) is 5.75 Å². The van der Waals surface area contributed by atoms with E-state index in [0.717, 1.165) is 24.3 Å². The van der Waals surface area contributed by atoms with Gasteiger partial charge in [0.25, 0.3) is 10.0 Å². The van der Waals surface area contributed by atoms with Gasteiger partial charge in [0.1, 0.15) is 23.5 Å². The topological polar surface area (TPSA) is 111 Å². The SMILES string of the molecule is C[C@H](NS(=O)(=O)c1cc2cc(F)ccc2o1)C(=O)CCc1cc(-c2ccc(OC(F)(F)F)cc2)ncn1. The van der Waals surface area contributed by atoms with Gasteiger partial charge < -0.3 is 9.15 Å². The quantitative estimate of drug-likeness (QED) is 0.306. The van der Waals surface area contributed by atoms with Crippen LogP contribution >= 0.6 is 0 Å². The van der Waals surface area contributed by atoms with Gasteiger partial charge in [-0.05, 0) is 61.9 Å². The van der Waals surface area contributed by atoms with E-state index in [2.05, 4.69) is 19.4 Å². The van der Waals surface area contributed by atoms with Crippen molar-refractivity contribution in [2.75, 3.05) is 0 Å². The first-order chi connectivity index (χ1) is 17.4. The maximum atomic E-state index is 13.4. The average molecular weight is 537 g/mol. The van der Waals surface area contributed by atoms with Crippen molar-refractivity contribution in [3.8, 4) is 17.0 Å². The molecule has 13 heteroatoms. The zero-order valence-corrected chi connectivity index (χ0v) is 19.9. The third kappa shape index (κ3) is 6.68. The Morgan fingerprint density at radius 1 is 1.08 bits per heavy atom. The second-order valence-electron chi connectivity index (χ2n) is 8.02. The van der Waals surface area contributed by atoms with Crippen molar-refractivity contribution in [2.45, 2.75) is 37.3 Å². The van der Waals surface area contributed by atoms with Gasteiger partial charge in [0.2, 0.25) is 5.09 Å². The number of hydrogen-bond acceptors (Lipinski definition) is 7. The zero-order chi connectivity index (χ0) is 26.8. The summed E-state index contributed by atoms with van der Waals surface area (Å²) in [7, 11) is -4.19. The summed E-state index contributed by atoms with van der Waals surface area (Å²) in [5, 5.41) is -0.179. The zero-order valence-electron chi connectivity index (χ0n) is 19.1. The molecule has 37 heavy (non-hydrogen) atoms. The molecule has 1 atom stereocenters. The van der Waals surface area contributed by atoms with E-state index in [1.165, 1.54) is 37.5 Å². The maximum Gasteiger partial charge on any atom is 0.573 e. The fourth-order valence-electron chi connectivity index (χ4n) is 3.47. The molecular formula is C24H19F4N3O5S. The van der Waals surface area contributed by atoms with Crippen LogP contribution in [0.25, 0.3) is 22.2 Å². The maximum absolute atomic E-state index is 13.4. The third-order valence-electron chi connectivity index (χ3n) is 5.27. The molecule has 0 saturated carbocycles. The van der Waals surface area contributed by atoms with E-state index in [1.807, 2.05) is 0 Å². The molecule has 2 aromatic carbocycles. The molecule has 4 rings (SSSR count). The molecular weight excluding hydrogens is 518 g/mol. The largest absolute Gasteiger partial charge is 0.573 e. The number of benzene rings is 2. The van der Waals surface area contributed by atoms with Crippen LogP contribution in [0.4, 0.5) is 17.6 Å². The number of carbonyl (C=O) groups excluding carboxylic acids is 1. The molecule has 194 valence electrons. The number of ether oxygens (including phenoxy) is 1. The molecule has 8 nitrogen and oxygen atoms in total. The molecule has 0 spiro atoms. The molecule has 2 aromatic heterocycles. The van der Waals surface area contributed by atoms with Gasteiger partial charge in [-0.2, -0.15) is 4.72 Å². The van der Waals surface area contributed by atoms with Crippen molar-refractivity contribution in [1.82, 2.24) is 14.7 Å². The lowest BCUT2D eigenvalue weighted by molar-refractivity contribution is -0.274. The second kappa shape index (κ2) is 10.3. The number of furan rings is 1. The minimum Gasteiger partial charge on any atom is -0.443 e. The minimum atomic E-state index is -4.80. The van der Waals surface area contributed by atoms with E-state index in [0.29, 0.717) is 17.0 Å². The van der Waals surface area contributed by atoms with Crippen LogP contribution in [0.15, 0.2) is 70.4 Å². The van der Waals surface area contributed by atoms with E-state index >= 15 is 0 Å². The number of aromatic nitrogens is 2. The number of carbonyl (C=O) groups is 1. The van der Waals surface area contributed by atoms with Crippen molar-refractivity contribution in [3.05, 3.63) is 72.4 Å². The Labute approximate surface area is 208 Å². The minimum absolute atomic E-state index is 0.0517. The summed E-state index contributed by atoms with van der Waals surface area (Å²) in [6, 6.07) is 10.4. The van der Waals surface area contributed by atoms with Gasteiger partial charge in [0, 0.05) is 29.1 Å². The van der Waals surface area contributed by atoms with Crippen LogP contribution in [-0.2, 0) is 21.2 Å². The van der Waals surface area contributed by atoms with Crippen molar-refractivity contribution in [2.24, 2.45) is 0 Å². The first-order valence-corrected chi connectivity index (χ1v) is 12.3. The van der Waals surface area contributed by atoms with E-state index in [-0.39, 0.29) is 29.6 Å². The summed E-state index contributed by atoms with van der Waals surface area (Å²) in [5.74, 6) is -1.34. The van der Waals surface area contributed by atoms with Crippen LogP contribution in [-0.4, -0.2) is 36.6 Å². The predicted octanol–water partition coefficient (Wildman–Crippen LogP) is 4.80. The number of ketones is 1. The van der Waals surface area contributed by atoms with Crippen LogP contribution < -0.4 is 9.46 Å². The molecule has 0 unspecified atom stereocenters. The summed E-state index contributed by atoms with van der Waals surface area (Å²) in [6.07, 6.45) is -3.43. The lowest BCUT2D eigenvalue weighted by atomic mass is 10.1. The van der Waals surface area contributed by atoms with Crippen LogP contribution in [0.1, 0.15) is 19.0 Å². The summed E-state index contributed by atoms with van der Waals surface area (Å²) < 4.78 is 87.0. The van der Waals surface area contributed by atoms with Gasteiger partial charge in [-0.1, -0.05) is 0 Å². The number of nitrogens with zero attached hydrogens (tertiary/aromatic N) is 2. The number of rotatable bonds is 9. The lowest BCUT2D eigenvalue weighted by Crippen LogP contribution is -2.38. The Hall–Kier alpha value is -3.84.